The Balaban J connectivity index is 2.47. The van der Waals surface area contributed by atoms with Crippen molar-refractivity contribution in [2.75, 3.05) is 6.54 Å². The number of carbonyl (C=O) groups excluding carboxylic acids is 1. The smallest absolute Gasteiger partial charge is 0.408 e. The molecule has 0 saturated heterocycles. The van der Waals surface area contributed by atoms with Gasteiger partial charge in [-0.25, -0.2) is 4.79 Å². The van der Waals surface area contributed by atoms with E-state index in [1.54, 1.807) is 32.9 Å². The summed E-state index contributed by atoms with van der Waals surface area (Å²) in [5.74, 6) is 5.52. The van der Waals surface area contributed by atoms with Gasteiger partial charge in [0.05, 0.1) is 11.6 Å². The summed E-state index contributed by atoms with van der Waals surface area (Å²) in [7, 11) is 0. The van der Waals surface area contributed by atoms with Gasteiger partial charge in [0.25, 0.3) is 0 Å². The van der Waals surface area contributed by atoms with Gasteiger partial charge in [-0.2, -0.15) is 0 Å². The van der Waals surface area contributed by atoms with Crippen molar-refractivity contribution in [2.45, 2.75) is 26.4 Å². The van der Waals surface area contributed by atoms with Gasteiger partial charge in [0.15, 0.2) is 0 Å². The van der Waals surface area contributed by atoms with Gasteiger partial charge in [-0.1, -0.05) is 23.4 Å². The monoisotopic (exact) mass is 281 g/mol. The molecular weight excluding hydrogens is 266 g/mol. The number of phenolic OH excluding ortho intramolecular Hbond substituents is 1. The molecule has 5 heteroatoms. The van der Waals surface area contributed by atoms with E-state index in [1.807, 2.05) is 0 Å². The van der Waals surface area contributed by atoms with Crippen LogP contribution in [0.25, 0.3) is 0 Å². The molecule has 0 bridgehead atoms. The van der Waals surface area contributed by atoms with Crippen molar-refractivity contribution in [3.63, 3.8) is 0 Å². The zero-order valence-electron chi connectivity index (χ0n) is 11.1. The van der Waals surface area contributed by atoms with Gasteiger partial charge in [-0.05, 0) is 39.0 Å². The number of halogens is 1. The van der Waals surface area contributed by atoms with Gasteiger partial charge in [-0.15, -0.1) is 0 Å². The molecule has 0 aliphatic heterocycles. The minimum atomic E-state index is -0.528. The van der Waals surface area contributed by atoms with E-state index in [2.05, 4.69) is 17.2 Å². The van der Waals surface area contributed by atoms with Crippen LogP contribution in [0.5, 0.6) is 5.75 Å². The van der Waals surface area contributed by atoms with E-state index in [9.17, 15) is 9.90 Å². The Bertz CT molecular complexity index is 524. The average Bonchev–Trinajstić information content (AvgIpc) is 2.27. The first-order chi connectivity index (χ1) is 8.78. The fourth-order valence-corrected chi connectivity index (χ4v) is 1.28. The van der Waals surface area contributed by atoms with Crippen LogP contribution < -0.4 is 5.32 Å². The second-order valence-corrected chi connectivity index (χ2v) is 5.23. The van der Waals surface area contributed by atoms with Crippen LogP contribution in [0.1, 0.15) is 26.3 Å². The summed E-state index contributed by atoms with van der Waals surface area (Å²) in [6, 6.07) is 4.70. The van der Waals surface area contributed by atoms with E-state index in [0.717, 1.165) is 0 Å². The lowest BCUT2D eigenvalue weighted by molar-refractivity contribution is 0.0535. The van der Waals surface area contributed by atoms with Crippen LogP contribution in [0, 0.1) is 11.8 Å². The molecule has 19 heavy (non-hydrogen) atoms. The molecule has 2 N–H and O–H groups in total. The van der Waals surface area contributed by atoms with Gasteiger partial charge in [-0.3, -0.25) is 0 Å². The molecule has 0 atom stereocenters. The molecule has 0 spiro atoms. The van der Waals surface area contributed by atoms with Crippen LogP contribution >= 0.6 is 11.6 Å². The normalized spacial score (nSPS) is 10.3. The van der Waals surface area contributed by atoms with Crippen molar-refractivity contribution < 1.29 is 14.6 Å². The average molecular weight is 282 g/mol. The third-order valence-electron chi connectivity index (χ3n) is 1.90. The van der Waals surface area contributed by atoms with Crippen molar-refractivity contribution in [3.05, 3.63) is 28.8 Å². The minimum absolute atomic E-state index is 0.0198. The summed E-state index contributed by atoms with van der Waals surface area (Å²) in [5, 5.41) is 12.2. The number of rotatable bonds is 1. The van der Waals surface area contributed by atoms with E-state index < -0.39 is 11.7 Å². The maximum absolute atomic E-state index is 11.3. The van der Waals surface area contributed by atoms with Crippen LogP contribution in [-0.4, -0.2) is 23.3 Å². The lowest BCUT2D eigenvalue weighted by Gasteiger charge is -2.18. The fourth-order valence-electron chi connectivity index (χ4n) is 1.17. The molecule has 0 aliphatic carbocycles. The Morgan fingerprint density at radius 1 is 1.47 bits per heavy atom. The van der Waals surface area contributed by atoms with Gasteiger partial charge in [0.2, 0.25) is 0 Å². The number of carbonyl (C=O) groups is 1. The van der Waals surface area contributed by atoms with E-state index >= 15 is 0 Å². The van der Waals surface area contributed by atoms with Crippen LogP contribution in [0.3, 0.4) is 0 Å². The Morgan fingerprint density at radius 2 is 2.16 bits per heavy atom. The summed E-state index contributed by atoms with van der Waals surface area (Å²) < 4.78 is 5.05. The maximum Gasteiger partial charge on any atom is 0.408 e. The van der Waals surface area contributed by atoms with Gasteiger partial charge in [0, 0.05) is 5.56 Å². The molecule has 0 radical (unpaired) electrons. The van der Waals surface area contributed by atoms with Crippen LogP contribution in [-0.2, 0) is 4.74 Å². The van der Waals surface area contributed by atoms with Crippen molar-refractivity contribution in [3.8, 4) is 17.6 Å². The zero-order chi connectivity index (χ0) is 14.5. The largest absolute Gasteiger partial charge is 0.506 e. The van der Waals surface area contributed by atoms with Gasteiger partial charge in [0.1, 0.15) is 11.4 Å². The quantitative estimate of drug-likeness (QED) is 0.778. The zero-order valence-corrected chi connectivity index (χ0v) is 11.8. The van der Waals surface area contributed by atoms with E-state index in [-0.39, 0.29) is 17.3 Å². The fraction of sp³-hybridized carbons (Fsp3) is 0.357. The number of benzene rings is 1. The van der Waals surface area contributed by atoms with E-state index in [0.29, 0.717) is 5.56 Å². The molecule has 0 fully saturated rings. The molecule has 0 heterocycles. The summed E-state index contributed by atoms with van der Waals surface area (Å²) >= 11 is 5.67. The first kappa shape index (κ1) is 15.2. The summed E-state index contributed by atoms with van der Waals surface area (Å²) in [5.41, 5.74) is 0.0901. The lowest BCUT2D eigenvalue weighted by Crippen LogP contribution is -2.32. The molecule has 1 aromatic carbocycles. The molecule has 0 unspecified atom stereocenters. The third-order valence-corrected chi connectivity index (χ3v) is 2.22. The highest BCUT2D eigenvalue weighted by atomic mass is 35.5. The van der Waals surface area contributed by atoms with Gasteiger partial charge < -0.3 is 15.2 Å². The number of hydrogen-bond acceptors (Lipinski definition) is 3. The Kier molecular flexibility index (Phi) is 5.08. The van der Waals surface area contributed by atoms with Crippen molar-refractivity contribution >= 4 is 17.7 Å². The number of phenols is 1. The highest BCUT2D eigenvalue weighted by Gasteiger charge is 2.14. The number of amides is 1. The van der Waals surface area contributed by atoms with Crippen molar-refractivity contribution in [2.24, 2.45) is 0 Å². The van der Waals surface area contributed by atoms with Crippen LogP contribution in [0.4, 0.5) is 4.79 Å². The highest BCUT2D eigenvalue weighted by molar-refractivity contribution is 6.32. The second-order valence-electron chi connectivity index (χ2n) is 4.82. The molecule has 1 amide bonds. The number of hydrogen-bond donors (Lipinski definition) is 2. The topological polar surface area (TPSA) is 58.6 Å². The molecule has 102 valence electrons. The highest BCUT2D eigenvalue weighted by Crippen LogP contribution is 2.23. The molecular formula is C14H16ClNO3. The number of alkyl carbamates (subject to hydrolysis) is 1. The summed E-state index contributed by atoms with van der Waals surface area (Å²) in [4.78, 5) is 11.3. The summed E-state index contributed by atoms with van der Waals surface area (Å²) in [6.07, 6.45) is -0.513. The molecule has 0 aromatic heterocycles. The first-order valence-electron chi connectivity index (χ1n) is 5.72. The Morgan fingerprint density at radius 3 is 2.74 bits per heavy atom. The van der Waals surface area contributed by atoms with Crippen LogP contribution in [0.15, 0.2) is 18.2 Å². The molecule has 1 aromatic rings. The number of ether oxygens (including phenoxy) is 1. The minimum Gasteiger partial charge on any atom is -0.506 e. The Hall–Kier alpha value is -1.86. The maximum atomic E-state index is 11.3. The van der Waals surface area contributed by atoms with Crippen molar-refractivity contribution in [1.29, 1.82) is 0 Å². The SMILES string of the molecule is CC(C)(C)OC(=O)NCC#Cc1ccc(Cl)c(O)c1. The predicted molar refractivity (Wildman–Crippen MR) is 74.2 cm³/mol. The molecule has 1 rings (SSSR count). The molecule has 0 saturated carbocycles. The van der Waals surface area contributed by atoms with E-state index in [1.165, 1.54) is 6.07 Å². The first-order valence-corrected chi connectivity index (χ1v) is 6.10. The van der Waals surface area contributed by atoms with E-state index in [4.69, 9.17) is 16.3 Å². The van der Waals surface area contributed by atoms with Crippen molar-refractivity contribution in [1.82, 2.24) is 5.32 Å². The van der Waals surface area contributed by atoms with Crippen LogP contribution in [0.2, 0.25) is 5.02 Å². The molecule has 0 aliphatic rings. The predicted octanol–water partition coefficient (Wildman–Crippen LogP) is 2.92. The number of nitrogens with one attached hydrogen (secondary N) is 1. The standard InChI is InChI=1S/C14H16ClNO3/c1-14(2,3)19-13(18)16-8-4-5-10-6-7-11(15)12(17)9-10/h6-7,9,17H,8H2,1-3H3,(H,16,18). The third kappa shape index (κ3) is 6.03. The number of aromatic hydroxyl groups is 1. The second kappa shape index (κ2) is 6.35. The summed E-state index contributed by atoms with van der Waals surface area (Å²) in [6.45, 7) is 5.52. The molecule has 4 nitrogen and oxygen atoms in total. The Labute approximate surface area is 117 Å². The van der Waals surface area contributed by atoms with Gasteiger partial charge >= 0.3 is 6.09 Å². The lowest BCUT2D eigenvalue weighted by atomic mass is 10.2.